The van der Waals surface area contributed by atoms with Crippen molar-refractivity contribution < 1.29 is 24.3 Å². The molecule has 0 bridgehead atoms. The van der Waals surface area contributed by atoms with Gasteiger partial charge in [0.25, 0.3) is 5.91 Å². The first kappa shape index (κ1) is 15.3. The molecule has 0 aromatic heterocycles. The number of quaternary nitrogens is 1. The molecule has 3 N–H and O–H groups in total. The van der Waals surface area contributed by atoms with E-state index in [0.29, 0.717) is 25.5 Å². The van der Waals surface area contributed by atoms with Crippen molar-refractivity contribution in [3.63, 3.8) is 0 Å². The molecule has 0 unspecified atom stereocenters. The summed E-state index contributed by atoms with van der Waals surface area (Å²) in [4.78, 5) is 12.9. The van der Waals surface area contributed by atoms with Gasteiger partial charge in [0, 0.05) is 0 Å². The van der Waals surface area contributed by atoms with Gasteiger partial charge in [-0.2, -0.15) is 5.10 Å². The maximum absolute atomic E-state index is 11.7. The Bertz CT molecular complexity index is 513. The van der Waals surface area contributed by atoms with E-state index in [4.69, 9.17) is 9.47 Å². The fourth-order valence-electron chi connectivity index (χ4n) is 2.06. The first-order valence-corrected chi connectivity index (χ1v) is 6.79. The standard InChI is InChI=1S/C14H19N3O4/c1-20-13-8-11(2-3-12(13)18)9-15-16-14(19)10-17-4-6-21-7-5-17/h2-3,8-9,18H,4-7,10H2,1H3,(H,16,19)/p+1. The van der Waals surface area contributed by atoms with Gasteiger partial charge in [0.1, 0.15) is 13.1 Å². The van der Waals surface area contributed by atoms with Crippen LogP contribution in [0.25, 0.3) is 0 Å². The number of hydrogen-bond donors (Lipinski definition) is 3. The van der Waals surface area contributed by atoms with E-state index >= 15 is 0 Å². The molecule has 1 aromatic rings. The lowest BCUT2D eigenvalue weighted by molar-refractivity contribution is -0.900. The van der Waals surface area contributed by atoms with E-state index in [0.717, 1.165) is 18.7 Å². The summed E-state index contributed by atoms with van der Waals surface area (Å²) in [5, 5.41) is 13.4. The summed E-state index contributed by atoms with van der Waals surface area (Å²) in [7, 11) is 1.48. The number of nitrogens with zero attached hydrogens (tertiary/aromatic N) is 1. The topological polar surface area (TPSA) is 84.6 Å². The lowest BCUT2D eigenvalue weighted by atomic mass is 10.2. The second-order valence-electron chi connectivity index (χ2n) is 4.76. The third-order valence-corrected chi connectivity index (χ3v) is 3.22. The highest BCUT2D eigenvalue weighted by molar-refractivity contribution is 5.83. The van der Waals surface area contributed by atoms with E-state index in [1.807, 2.05) is 0 Å². The molecule has 1 aliphatic rings. The summed E-state index contributed by atoms with van der Waals surface area (Å²) in [5.74, 6) is 0.298. The Hall–Kier alpha value is -2.12. The molecule has 1 amide bonds. The Morgan fingerprint density at radius 2 is 2.29 bits per heavy atom. The molecule has 0 saturated carbocycles. The van der Waals surface area contributed by atoms with Gasteiger partial charge in [-0.3, -0.25) is 4.79 Å². The largest absolute Gasteiger partial charge is 0.504 e. The molecule has 1 saturated heterocycles. The fourth-order valence-corrected chi connectivity index (χ4v) is 2.06. The maximum Gasteiger partial charge on any atom is 0.295 e. The van der Waals surface area contributed by atoms with E-state index in [1.165, 1.54) is 24.3 Å². The van der Waals surface area contributed by atoms with Crippen molar-refractivity contribution in [2.24, 2.45) is 5.10 Å². The first-order valence-electron chi connectivity index (χ1n) is 6.79. The number of carbonyl (C=O) groups is 1. The average molecular weight is 294 g/mol. The van der Waals surface area contributed by atoms with Gasteiger partial charge in [-0.25, -0.2) is 5.43 Å². The van der Waals surface area contributed by atoms with Crippen LogP contribution in [-0.2, 0) is 9.53 Å². The van der Waals surface area contributed by atoms with Gasteiger partial charge in [-0.1, -0.05) is 0 Å². The smallest absolute Gasteiger partial charge is 0.295 e. The van der Waals surface area contributed by atoms with Gasteiger partial charge >= 0.3 is 0 Å². The maximum atomic E-state index is 11.7. The van der Waals surface area contributed by atoms with Crippen molar-refractivity contribution in [3.8, 4) is 11.5 Å². The number of amides is 1. The Kier molecular flexibility index (Phi) is 5.53. The Morgan fingerprint density at radius 3 is 3.00 bits per heavy atom. The van der Waals surface area contributed by atoms with Crippen LogP contribution in [0.15, 0.2) is 23.3 Å². The van der Waals surface area contributed by atoms with Crippen LogP contribution in [0.1, 0.15) is 5.56 Å². The van der Waals surface area contributed by atoms with Crippen LogP contribution >= 0.6 is 0 Å². The van der Waals surface area contributed by atoms with E-state index in [-0.39, 0.29) is 11.7 Å². The van der Waals surface area contributed by atoms with E-state index in [1.54, 1.807) is 12.1 Å². The van der Waals surface area contributed by atoms with Crippen molar-refractivity contribution in [2.45, 2.75) is 0 Å². The molecule has 0 aliphatic carbocycles. The van der Waals surface area contributed by atoms with E-state index in [2.05, 4.69) is 10.5 Å². The summed E-state index contributed by atoms with van der Waals surface area (Å²) in [5.41, 5.74) is 3.22. The van der Waals surface area contributed by atoms with Gasteiger partial charge in [0.2, 0.25) is 0 Å². The number of hydrogen-bond acceptors (Lipinski definition) is 5. The van der Waals surface area contributed by atoms with Crippen LogP contribution < -0.4 is 15.1 Å². The first-order chi connectivity index (χ1) is 10.2. The van der Waals surface area contributed by atoms with Crippen molar-refractivity contribution in [1.29, 1.82) is 0 Å². The van der Waals surface area contributed by atoms with Crippen LogP contribution in [0, 0.1) is 0 Å². The predicted octanol–water partition coefficient (Wildman–Crippen LogP) is -1.23. The molecule has 114 valence electrons. The van der Waals surface area contributed by atoms with Gasteiger partial charge in [0.05, 0.1) is 26.5 Å². The monoisotopic (exact) mass is 294 g/mol. The molecule has 1 aliphatic heterocycles. The Balaban J connectivity index is 1.82. The number of benzene rings is 1. The summed E-state index contributed by atoms with van der Waals surface area (Å²) in [6.45, 7) is 3.45. The van der Waals surface area contributed by atoms with Gasteiger partial charge in [0.15, 0.2) is 18.0 Å². The number of phenolic OH excluding ortho intramolecular Hbond substituents is 1. The van der Waals surface area contributed by atoms with Crippen LogP contribution in [-0.4, -0.2) is 57.2 Å². The lowest BCUT2D eigenvalue weighted by Crippen LogP contribution is -3.15. The second kappa shape index (κ2) is 7.61. The highest BCUT2D eigenvalue weighted by Gasteiger charge is 2.16. The number of phenols is 1. The summed E-state index contributed by atoms with van der Waals surface area (Å²) < 4.78 is 10.2. The molecule has 21 heavy (non-hydrogen) atoms. The molecule has 0 atom stereocenters. The number of aromatic hydroxyl groups is 1. The van der Waals surface area contributed by atoms with Gasteiger partial charge < -0.3 is 19.5 Å². The van der Waals surface area contributed by atoms with Crippen LogP contribution in [0.5, 0.6) is 11.5 Å². The van der Waals surface area contributed by atoms with Crippen molar-refractivity contribution in [2.75, 3.05) is 40.0 Å². The molecule has 1 aromatic carbocycles. The SMILES string of the molecule is COc1cc(C=NNC(=O)C[NH+]2CCOCC2)ccc1O. The third-order valence-electron chi connectivity index (χ3n) is 3.22. The minimum atomic E-state index is -0.131. The highest BCUT2D eigenvalue weighted by atomic mass is 16.5. The number of hydrazone groups is 1. The highest BCUT2D eigenvalue weighted by Crippen LogP contribution is 2.25. The zero-order chi connectivity index (χ0) is 15.1. The molecular formula is C14H20N3O4+. The average Bonchev–Trinajstić information content (AvgIpc) is 2.50. The minimum absolute atomic E-state index is 0.0644. The fraction of sp³-hybridized carbons (Fsp3) is 0.429. The third kappa shape index (κ3) is 4.73. The minimum Gasteiger partial charge on any atom is -0.504 e. The van der Waals surface area contributed by atoms with Crippen LogP contribution in [0.4, 0.5) is 0 Å². The second-order valence-corrected chi connectivity index (χ2v) is 4.76. The van der Waals surface area contributed by atoms with Crippen LogP contribution in [0.3, 0.4) is 0 Å². The van der Waals surface area contributed by atoms with E-state index < -0.39 is 0 Å². The molecular weight excluding hydrogens is 274 g/mol. The molecule has 2 rings (SSSR count). The summed E-state index contributed by atoms with van der Waals surface area (Å²) in [6, 6.07) is 4.83. The number of morpholine rings is 1. The molecule has 1 heterocycles. The summed E-state index contributed by atoms with van der Waals surface area (Å²) in [6.07, 6.45) is 1.51. The van der Waals surface area contributed by atoms with Crippen molar-refractivity contribution in [1.82, 2.24) is 5.43 Å². The van der Waals surface area contributed by atoms with Crippen molar-refractivity contribution >= 4 is 12.1 Å². The number of methoxy groups -OCH3 is 1. The molecule has 0 spiro atoms. The van der Waals surface area contributed by atoms with Gasteiger partial charge in [-0.15, -0.1) is 0 Å². The van der Waals surface area contributed by atoms with Gasteiger partial charge in [-0.05, 0) is 23.8 Å². The summed E-state index contributed by atoms with van der Waals surface area (Å²) >= 11 is 0. The molecule has 1 fully saturated rings. The zero-order valence-electron chi connectivity index (χ0n) is 12.0. The van der Waals surface area contributed by atoms with E-state index in [9.17, 15) is 9.90 Å². The zero-order valence-corrected chi connectivity index (χ0v) is 12.0. The number of ether oxygens (including phenoxy) is 2. The molecule has 7 heteroatoms. The normalized spacial score (nSPS) is 16.0. The predicted molar refractivity (Wildman–Crippen MR) is 76.8 cm³/mol. The number of nitrogens with one attached hydrogen (secondary N) is 2. The molecule has 7 nitrogen and oxygen atoms in total. The Labute approximate surface area is 123 Å². The number of carbonyl (C=O) groups excluding carboxylic acids is 1. The van der Waals surface area contributed by atoms with Crippen molar-refractivity contribution in [3.05, 3.63) is 23.8 Å². The lowest BCUT2D eigenvalue weighted by Gasteiger charge is -2.22. The Morgan fingerprint density at radius 1 is 1.52 bits per heavy atom. The van der Waals surface area contributed by atoms with Crippen LogP contribution in [0.2, 0.25) is 0 Å². The number of rotatable bonds is 5. The molecule has 0 radical (unpaired) electrons. The quantitative estimate of drug-likeness (QED) is 0.469.